The smallest absolute Gasteiger partial charge is 0.142 e. The second kappa shape index (κ2) is 3.42. The van der Waals surface area contributed by atoms with Gasteiger partial charge in [-0.2, -0.15) is 0 Å². The summed E-state index contributed by atoms with van der Waals surface area (Å²) >= 11 is 0. The van der Waals surface area contributed by atoms with Gasteiger partial charge in [0, 0.05) is 6.42 Å². The van der Waals surface area contributed by atoms with Gasteiger partial charge in [0.2, 0.25) is 0 Å². The molecule has 3 rings (SSSR count). The first-order chi connectivity index (χ1) is 7.33. The van der Waals surface area contributed by atoms with Crippen LogP contribution >= 0.6 is 0 Å². The van der Waals surface area contributed by atoms with Gasteiger partial charge in [-0.05, 0) is 24.6 Å². The highest BCUT2D eigenvalue weighted by molar-refractivity contribution is 5.60. The molecule has 0 bridgehead atoms. The summed E-state index contributed by atoms with van der Waals surface area (Å²) < 4.78 is 11.4. The lowest BCUT2D eigenvalue weighted by molar-refractivity contribution is 0.00990. The first kappa shape index (κ1) is 9.04. The van der Waals surface area contributed by atoms with Gasteiger partial charge in [0.1, 0.15) is 11.9 Å². The lowest BCUT2D eigenvalue weighted by Gasteiger charge is -2.37. The number of anilines is 1. The van der Waals surface area contributed by atoms with Crippen molar-refractivity contribution in [1.82, 2.24) is 0 Å². The van der Waals surface area contributed by atoms with E-state index in [0.29, 0.717) is 6.04 Å². The van der Waals surface area contributed by atoms with Crippen LogP contribution in [-0.2, 0) is 4.74 Å². The zero-order valence-electron chi connectivity index (χ0n) is 8.82. The van der Waals surface area contributed by atoms with Crippen LogP contribution in [0.1, 0.15) is 12.0 Å². The molecule has 0 amide bonds. The van der Waals surface area contributed by atoms with Crippen LogP contribution in [0.3, 0.4) is 0 Å². The van der Waals surface area contributed by atoms with Crippen LogP contribution in [0.25, 0.3) is 0 Å². The third kappa shape index (κ3) is 1.57. The highest BCUT2D eigenvalue weighted by Gasteiger charge is 2.32. The van der Waals surface area contributed by atoms with Gasteiger partial charge in [-0.3, -0.25) is 0 Å². The quantitative estimate of drug-likeness (QED) is 0.702. The zero-order valence-corrected chi connectivity index (χ0v) is 8.82. The lowest BCUT2D eigenvalue weighted by Crippen LogP contribution is -2.48. The Morgan fingerprint density at radius 3 is 3.27 bits per heavy atom. The molecule has 0 radical (unpaired) electrons. The molecular formula is C12H15NO2. The van der Waals surface area contributed by atoms with Crippen LogP contribution in [0.2, 0.25) is 0 Å². The van der Waals surface area contributed by atoms with E-state index in [-0.39, 0.29) is 6.10 Å². The number of hydrogen-bond acceptors (Lipinski definition) is 3. The molecule has 1 saturated heterocycles. The van der Waals surface area contributed by atoms with Gasteiger partial charge in [0.25, 0.3) is 0 Å². The minimum Gasteiger partial charge on any atom is -0.486 e. The van der Waals surface area contributed by atoms with E-state index in [1.807, 2.05) is 6.07 Å². The third-order valence-corrected chi connectivity index (χ3v) is 3.05. The monoisotopic (exact) mass is 205 g/mol. The summed E-state index contributed by atoms with van der Waals surface area (Å²) in [5.41, 5.74) is 2.35. The molecule has 3 nitrogen and oxygen atoms in total. The molecule has 2 heterocycles. The molecule has 1 fully saturated rings. The maximum absolute atomic E-state index is 5.95. The molecule has 80 valence electrons. The van der Waals surface area contributed by atoms with Crippen molar-refractivity contribution < 1.29 is 9.47 Å². The van der Waals surface area contributed by atoms with Gasteiger partial charge in [-0.25, -0.2) is 0 Å². The maximum atomic E-state index is 5.95. The SMILES string of the molecule is Cc1ccc2c(c1)NC1COCCC1O2. The standard InChI is InChI=1S/C12H15NO2/c1-8-2-3-11-9(6-8)13-10-7-14-5-4-12(10)15-11/h2-3,6,10,12-13H,4-5,7H2,1H3. The van der Waals surface area contributed by atoms with Gasteiger partial charge >= 0.3 is 0 Å². The maximum Gasteiger partial charge on any atom is 0.142 e. The third-order valence-electron chi connectivity index (χ3n) is 3.05. The molecule has 2 aliphatic heterocycles. The Kier molecular flexibility index (Phi) is 2.06. The first-order valence-corrected chi connectivity index (χ1v) is 5.44. The molecule has 0 spiro atoms. The molecule has 0 saturated carbocycles. The van der Waals surface area contributed by atoms with Crippen molar-refractivity contribution >= 4 is 5.69 Å². The van der Waals surface area contributed by atoms with Gasteiger partial charge in [-0.1, -0.05) is 6.07 Å². The second-order valence-corrected chi connectivity index (χ2v) is 4.27. The fourth-order valence-electron chi connectivity index (χ4n) is 2.22. The van der Waals surface area contributed by atoms with E-state index >= 15 is 0 Å². The van der Waals surface area contributed by atoms with Crippen LogP contribution in [0.4, 0.5) is 5.69 Å². The molecule has 2 unspecified atom stereocenters. The van der Waals surface area contributed by atoms with Crippen molar-refractivity contribution in [3.05, 3.63) is 23.8 Å². The van der Waals surface area contributed by atoms with E-state index in [1.165, 1.54) is 5.56 Å². The van der Waals surface area contributed by atoms with Gasteiger partial charge in [-0.15, -0.1) is 0 Å². The molecule has 0 aliphatic carbocycles. The van der Waals surface area contributed by atoms with E-state index in [9.17, 15) is 0 Å². The van der Waals surface area contributed by atoms with Gasteiger partial charge in [0.15, 0.2) is 0 Å². The van der Waals surface area contributed by atoms with Crippen molar-refractivity contribution in [2.24, 2.45) is 0 Å². The van der Waals surface area contributed by atoms with Crippen molar-refractivity contribution in [1.29, 1.82) is 0 Å². The largest absolute Gasteiger partial charge is 0.486 e. The van der Waals surface area contributed by atoms with Gasteiger partial charge in [0.05, 0.1) is 24.9 Å². The summed E-state index contributed by atoms with van der Waals surface area (Å²) in [6.07, 6.45) is 1.25. The Morgan fingerprint density at radius 2 is 2.33 bits per heavy atom. The number of nitrogens with one attached hydrogen (secondary N) is 1. The van der Waals surface area contributed by atoms with Crippen molar-refractivity contribution in [3.8, 4) is 5.75 Å². The molecular weight excluding hydrogens is 190 g/mol. The minimum atomic E-state index is 0.272. The normalized spacial score (nSPS) is 28.3. The van der Waals surface area contributed by atoms with E-state index in [0.717, 1.165) is 31.1 Å². The predicted molar refractivity (Wildman–Crippen MR) is 58.4 cm³/mol. The summed E-state index contributed by atoms with van der Waals surface area (Å²) in [6, 6.07) is 6.57. The Balaban J connectivity index is 1.92. The number of fused-ring (bicyclic) bond motifs is 2. The molecule has 0 aromatic heterocycles. The number of ether oxygens (including phenoxy) is 2. The Labute approximate surface area is 89.4 Å². The van der Waals surface area contributed by atoms with Crippen LogP contribution in [0, 0.1) is 6.92 Å². The molecule has 1 aromatic carbocycles. The van der Waals surface area contributed by atoms with Crippen molar-refractivity contribution in [3.63, 3.8) is 0 Å². The highest BCUT2D eigenvalue weighted by atomic mass is 16.5. The van der Waals surface area contributed by atoms with Crippen LogP contribution in [0.15, 0.2) is 18.2 Å². The van der Waals surface area contributed by atoms with Crippen molar-refractivity contribution in [2.45, 2.75) is 25.5 Å². The van der Waals surface area contributed by atoms with E-state index in [1.54, 1.807) is 0 Å². The Hall–Kier alpha value is -1.22. The number of aryl methyl sites for hydroxylation is 1. The molecule has 1 N–H and O–H groups in total. The topological polar surface area (TPSA) is 30.5 Å². The lowest BCUT2D eigenvalue weighted by atomic mass is 10.0. The number of benzene rings is 1. The van der Waals surface area contributed by atoms with Crippen LogP contribution in [0.5, 0.6) is 5.75 Å². The summed E-state index contributed by atoms with van der Waals surface area (Å²) in [5.74, 6) is 0.976. The molecule has 1 aromatic rings. The molecule has 2 atom stereocenters. The van der Waals surface area contributed by atoms with Gasteiger partial charge < -0.3 is 14.8 Å². The summed E-state index contributed by atoms with van der Waals surface area (Å²) in [4.78, 5) is 0. The molecule has 3 heteroatoms. The van der Waals surface area contributed by atoms with E-state index in [4.69, 9.17) is 9.47 Å². The average molecular weight is 205 g/mol. The fourth-order valence-corrected chi connectivity index (χ4v) is 2.22. The first-order valence-electron chi connectivity index (χ1n) is 5.44. The van der Waals surface area contributed by atoms with E-state index in [2.05, 4.69) is 24.4 Å². The Bertz CT molecular complexity index is 378. The summed E-state index contributed by atoms with van der Waals surface area (Å²) in [6.45, 7) is 3.65. The molecule has 2 aliphatic rings. The summed E-state index contributed by atoms with van der Waals surface area (Å²) in [5, 5.41) is 3.49. The van der Waals surface area contributed by atoms with E-state index < -0.39 is 0 Å². The minimum absolute atomic E-state index is 0.272. The van der Waals surface area contributed by atoms with Crippen LogP contribution in [-0.4, -0.2) is 25.4 Å². The zero-order chi connectivity index (χ0) is 10.3. The van der Waals surface area contributed by atoms with Crippen molar-refractivity contribution in [2.75, 3.05) is 18.5 Å². The molecule has 15 heavy (non-hydrogen) atoms. The predicted octanol–water partition coefficient (Wildman–Crippen LogP) is 1.96. The number of hydrogen-bond donors (Lipinski definition) is 1. The fraction of sp³-hybridized carbons (Fsp3) is 0.500. The number of rotatable bonds is 0. The Morgan fingerprint density at radius 1 is 1.40 bits per heavy atom. The second-order valence-electron chi connectivity index (χ2n) is 4.27. The van der Waals surface area contributed by atoms with Crippen LogP contribution < -0.4 is 10.1 Å². The summed E-state index contributed by atoms with van der Waals surface area (Å²) in [7, 11) is 0. The average Bonchev–Trinajstić information content (AvgIpc) is 2.26. The highest BCUT2D eigenvalue weighted by Crippen LogP contribution is 2.34.